The molecule has 0 bridgehead atoms. The fraction of sp³-hybridized carbons (Fsp3) is 0.474. The minimum Gasteiger partial charge on any atom is -0.462 e. The molecule has 24 heavy (non-hydrogen) atoms. The molecule has 1 saturated carbocycles. The maximum absolute atomic E-state index is 12.8. The van der Waals surface area contributed by atoms with Crippen LogP contribution in [-0.2, 0) is 17.6 Å². The molecule has 0 N–H and O–H groups in total. The summed E-state index contributed by atoms with van der Waals surface area (Å²) in [4.78, 5) is 17.6. The first-order chi connectivity index (χ1) is 11.5. The number of carbonyl (C=O) groups excluding carboxylic acids is 1. The molecule has 0 aliphatic heterocycles. The van der Waals surface area contributed by atoms with E-state index in [0.717, 1.165) is 53.4 Å². The Hall–Kier alpha value is -1.32. The van der Waals surface area contributed by atoms with E-state index in [-0.39, 0.29) is 18.5 Å². The Morgan fingerprint density at radius 1 is 1.33 bits per heavy atom. The second-order valence-electron chi connectivity index (χ2n) is 6.90. The van der Waals surface area contributed by atoms with E-state index < -0.39 is 4.33 Å². The van der Waals surface area contributed by atoms with Gasteiger partial charge in [-0.1, -0.05) is 11.6 Å². The summed E-state index contributed by atoms with van der Waals surface area (Å²) in [6.45, 7) is 2.30. The summed E-state index contributed by atoms with van der Waals surface area (Å²) >= 11 is 12.1. The zero-order chi connectivity index (χ0) is 16.9. The van der Waals surface area contributed by atoms with Gasteiger partial charge in [0.05, 0.1) is 17.7 Å². The molecule has 2 aliphatic carbocycles. The lowest BCUT2D eigenvalue weighted by atomic mass is 9.89. The molecule has 0 saturated heterocycles. The van der Waals surface area contributed by atoms with Gasteiger partial charge < -0.3 is 4.74 Å². The molecule has 5 heteroatoms. The summed E-state index contributed by atoms with van der Waals surface area (Å²) in [5.74, 6) is -0.238. The standard InChI is InChI=1S/C19H19Cl2NO2/c1-11-6-7-16-14(8-11)17(13-4-2-3-5-15(13)22-16)18(23)24-10-12-9-19(12,20)21/h6-8,12H,2-5,9-10H2,1H3. The first kappa shape index (κ1) is 16.2. The minimum absolute atomic E-state index is 0.0375. The third-order valence-electron chi connectivity index (χ3n) is 4.99. The third kappa shape index (κ3) is 2.89. The molecule has 0 radical (unpaired) electrons. The molecule has 1 unspecified atom stereocenters. The number of benzene rings is 1. The van der Waals surface area contributed by atoms with Crippen molar-refractivity contribution in [2.24, 2.45) is 5.92 Å². The number of nitrogens with zero attached hydrogens (tertiary/aromatic N) is 1. The molecular formula is C19H19Cl2NO2. The predicted octanol–water partition coefficient (Wildman–Crippen LogP) is 4.77. The van der Waals surface area contributed by atoms with Gasteiger partial charge in [0.15, 0.2) is 0 Å². The van der Waals surface area contributed by atoms with Crippen molar-refractivity contribution in [2.75, 3.05) is 6.61 Å². The van der Waals surface area contributed by atoms with Gasteiger partial charge >= 0.3 is 5.97 Å². The molecule has 1 fully saturated rings. The Morgan fingerprint density at radius 3 is 2.83 bits per heavy atom. The Bertz CT molecular complexity index is 832. The molecular weight excluding hydrogens is 345 g/mol. The normalized spacial score (nSPS) is 21.4. The second kappa shape index (κ2) is 5.89. The van der Waals surface area contributed by atoms with E-state index in [1.807, 2.05) is 25.1 Å². The number of hydrogen-bond donors (Lipinski definition) is 0. The van der Waals surface area contributed by atoms with Crippen molar-refractivity contribution >= 4 is 40.1 Å². The van der Waals surface area contributed by atoms with Gasteiger partial charge in [-0.2, -0.15) is 0 Å². The molecule has 4 rings (SSSR count). The minimum atomic E-state index is -0.726. The van der Waals surface area contributed by atoms with E-state index >= 15 is 0 Å². The highest BCUT2D eigenvalue weighted by molar-refractivity contribution is 6.50. The van der Waals surface area contributed by atoms with Crippen LogP contribution in [0.5, 0.6) is 0 Å². The van der Waals surface area contributed by atoms with E-state index in [2.05, 4.69) is 0 Å². The fourth-order valence-electron chi connectivity index (χ4n) is 3.47. The van der Waals surface area contributed by atoms with Gasteiger partial charge in [0.2, 0.25) is 0 Å². The highest BCUT2D eigenvalue weighted by Crippen LogP contribution is 2.53. The largest absolute Gasteiger partial charge is 0.462 e. The lowest BCUT2D eigenvalue weighted by Gasteiger charge is -2.20. The number of fused-ring (bicyclic) bond motifs is 2. The molecule has 1 aromatic carbocycles. The average molecular weight is 364 g/mol. The van der Waals surface area contributed by atoms with E-state index in [1.165, 1.54) is 0 Å². The van der Waals surface area contributed by atoms with Gasteiger partial charge in [-0.15, -0.1) is 23.2 Å². The number of ether oxygens (including phenoxy) is 1. The molecule has 0 spiro atoms. The summed E-state index contributed by atoms with van der Waals surface area (Å²) in [5.41, 5.74) is 4.76. The number of aryl methyl sites for hydroxylation is 2. The van der Waals surface area contributed by atoms with Crippen LogP contribution in [0.15, 0.2) is 18.2 Å². The van der Waals surface area contributed by atoms with Crippen molar-refractivity contribution in [1.29, 1.82) is 0 Å². The van der Waals surface area contributed by atoms with E-state index in [1.54, 1.807) is 0 Å². The van der Waals surface area contributed by atoms with Crippen LogP contribution in [-0.4, -0.2) is 21.9 Å². The number of alkyl halides is 2. The van der Waals surface area contributed by atoms with Gasteiger partial charge in [0, 0.05) is 17.0 Å². The van der Waals surface area contributed by atoms with Gasteiger partial charge in [0.1, 0.15) is 4.33 Å². The molecule has 1 aromatic heterocycles. The Morgan fingerprint density at radius 2 is 2.08 bits per heavy atom. The summed E-state index contributed by atoms with van der Waals surface area (Å²) in [6, 6.07) is 6.04. The maximum Gasteiger partial charge on any atom is 0.339 e. The number of pyridine rings is 1. The zero-order valence-corrected chi connectivity index (χ0v) is 15.1. The first-order valence-electron chi connectivity index (χ1n) is 8.43. The molecule has 2 aliphatic rings. The number of halogens is 2. The van der Waals surface area contributed by atoms with Crippen LogP contribution in [0.1, 0.15) is 46.4 Å². The van der Waals surface area contributed by atoms with Crippen molar-refractivity contribution < 1.29 is 9.53 Å². The summed E-state index contributed by atoms with van der Waals surface area (Å²) < 4.78 is 4.84. The lowest BCUT2D eigenvalue weighted by molar-refractivity contribution is 0.0486. The number of carbonyl (C=O) groups is 1. The monoisotopic (exact) mass is 363 g/mol. The molecule has 1 atom stereocenters. The topological polar surface area (TPSA) is 39.2 Å². The van der Waals surface area contributed by atoms with Crippen molar-refractivity contribution in [2.45, 2.75) is 43.4 Å². The summed E-state index contributed by atoms with van der Waals surface area (Å²) in [6.07, 6.45) is 4.69. The molecule has 3 nitrogen and oxygen atoms in total. The average Bonchev–Trinajstić information content (AvgIpc) is 3.17. The smallest absolute Gasteiger partial charge is 0.339 e. The summed E-state index contributed by atoms with van der Waals surface area (Å²) in [5, 5.41) is 0.888. The SMILES string of the molecule is Cc1ccc2nc3c(c(C(=O)OCC4CC4(Cl)Cl)c2c1)CCCC3. The number of rotatable bonds is 3. The Kier molecular flexibility index (Phi) is 3.97. The van der Waals surface area contributed by atoms with Gasteiger partial charge in [-0.05, 0) is 56.7 Å². The molecule has 0 amide bonds. The zero-order valence-electron chi connectivity index (χ0n) is 13.6. The highest BCUT2D eigenvalue weighted by atomic mass is 35.5. The van der Waals surface area contributed by atoms with Gasteiger partial charge in [-0.25, -0.2) is 4.79 Å². The van der Waals surface area contributed by atoms with Crippen molar-refractivity contribution in [3.05, 3.63) is 40.6 Å². The second-order valence-corrected chi connectivity index (χ2v) is 8.44. The molecule has 2 aromatic rings. The van der Waals surface area contributed by atoms with Crippen LogP contribution >= 0.6 is 23.2 Å². The van der Waals surface area contributed by atoms with Gasteiger partial charge in [-0.3, -0.25) is 4.98 Å². The molecule has 126 valence electrons. The summed E-state index contributed by atoms with van der Waals surface area (Å²) in [7, 11) is 0. The third-order valence-corrected chi connectivity index (χ3v) is 5.92. The number of hydrogen-bond acceptors (Lipinski definition) is 3. The Balaban J connectivity index is 1.74. The maximum atomic E-state index is 12.8. The van der Waals surface area contributed by atoms with Crippen LogP contribution in [0.2, 0.25) is 0 Å². The lowest BCUT2D eigenvalue weighted by Crippen LogP contribution is -2.17. The predicted molar refractivity (Wildman–Crippen MR) is 95.9 cm³/mol. The van der Waals surface area contributed by atoms with Crippen LogP contribution in [0.3, 0.4) is 0 Å². The highest BCUT2D eigenvalue weighted by Gasteiger charge is 2.52. The van der Waals surface area contributed by atoms with Crippen LogP contribution < -0.4 is 0 Å². The molecule has 1 heterocycles. The van der Waals surface area contributed by atoms with Crippen molar-refractivity contribution in [3.8, 4) is 0 Å². The van der Waals surface area contributed by atoms with E-state index in [4.69, 9.17) is 32.9 Å². The van der Waals surface area contributed by atoms with Crippen LogP contribution in [0, 0.1) is 12.8 Å². The number of aromatic nitrogens is 1. The van der Waals surface area contributed by atoms with Gasteiger partial charge in [0.25, 0.3) is 0 Å². The number of esters is 1. The van der Waals surface area contributed by atoms with Crippen LogP contribution in [0.4, 0.5) is 0 Å². The fourth-order valence-corrected chi connectivity index (χ4v) is 3.97. The van der Waals surface area contributed by atoms with Crippen molar-refractivity contribution in [1.82, 2.24) is 4.98 Å². The van der Waals surface area contributed by atoms with Crippen molar-refractivity contribution in [3.63, 3.8) is 0 Å². The first-order valence-corrected chi connectivity index (χ1v) is 9.18. The van der Waals surface area contributed by atoms with E-state index in [9.17, 15) is 4.79 Å². The van der Waals surface area contributed by atoms with Crippen LogP contribution in [0.25, 0.3) is 10.9 Å². The Labute approximate surface area is 151 Å². The quantitative estimate of drug-likeness (QED) is 0.582. The van der Waals surface area contributed by atoms with E-state index in [0.29, 0.717) is 12.0 Å².